The molecule has 1 unspecified atom stereocenters. The Labute approximate surface area is 112 Å². The maximum absolute atomic E-state index is 11.6. The number of furan rings is 1. The van der Waals surface area contributed by atoms with Crippen LogP contribution < -0.4 is 5.32 Å². The van der Waals surface area contributed by atoms with E-state index in [9.17, 15) is 4.79 Å². The molecule has 0 amide bonds. The highest BCUT2D eigenvalue weighted by atomic mass is 32.2. The van der Waals surface area contributed by atoms with Crippen molar-refractivity contribution in [1.82, 2.24) is 5.32 Å². The van der Waals surface area contributed by atoms with Gasteiger partial charge in [-0.3, -0.25) is 4.79 Å². The Morgan fingerprint density at radius 3 is 2.89 bits per heavy atom. The highest BCUT2D eigenvalue weighted by Crippen LogP contribution is 2.14. The minimum absolute atomic E-state index is 0.192. The molecule has 0 aromatic carbocycles. The topological polar surface area (TPSA) is 51.5 Å². The van der Waals surface area contributed by atoms with Crippen LogP contribution in [0.5, 0.6) is 0 Å². The summed E-state index contributed by atoms with van der Waals surface area (Å²) in [5, 5.41) is 3.21. The summed E-state index contributed by atoms with van der Waals surface area (Å²) >= 11 is 1.75. The number of thioether (sulfide) groups is 1. The van der Waals surface area contributed by atoms with Crippen LogP contribution in [0.15, 0.2) is 22.8 Å². The molecular weight excluding hydrogens is 250 g/mol. The molecule has 1 atom stereocenters. The zero-order valence-electron chi connectivity index (χ0n) is 11.1. The third-order valence-corrected chi connectivity index (χ3v) is 3.41. The molecular formula is C13H21NO3S. The van der Waals surface area contributed by atoms with Gasteiger partial charge in [-0.05, 0) is 24.3 Å². The van der Waals surface area contributed by atoms with Crippen LogP contribution in [0.4, 0.5) is 0 Å². The summed E-state index contributed by atoms with van der Waals surface area (Å²) in [5.41, 5.74) is 0. The van der Waals surface area contributed by atoms with Gasteiger partial charge in [0, 0.05) is 6.04 Å². The predicted molar refractivity (Wildman–Crippen MR) is 73.6 cm³/mol. The van der Waals surface area contributed by atoms with Gasteiger partial charge in [0.25, 0.3) is 0 Å². The Hall–Kier alpha value is -0.940. The predicted octanol–water partition coefficient (Wildman–Crippen LogP) is 2.44. The maximum Gasteiger partial charge on any atom is 0.322 e. The monoisotopic (exact) mass is 271 g/mol. The Morgan fingerprint density at radius 2 is 2.33 bits per heavy atom. The third-order valence-electron chi connectivity index (χ3n) is 2.40. The smallest absolute Gasteiger partial charge is 0.322 e. The second kappa shape index (κ2) is 8.21. The van der Waals surface area contributed by atoms with E-state index < -0.39 is 0 Å². The summed E-state index contributed by atoms with van der Waals surface area (Å²) in [7, 11) is 1.42. The van der Waals surface area contributed by atoms with Gasteiger partial charge in [-0.15, -0.1) is 0 Å². The van der Waals surface area contributed by atoms with E-state index in [1.54, 1.807) is 18.0 Å². The largest absolute Gasteiger partial charge is 0.468 e. The van der Waals surface area contributed by atoms with Crippen molar-refractivity contribution in [3.63, 3.8) is 0 Å². The lowest BCUT2D eigenvalue weighted by Crippen LogP contribution is -2.41. The number of hydrogen-bond donors (Lipinski definition) is 1. The lowest BCUT2D eigenvalue weighted by atomic mass is 10.2. The standard InChI is InChI=1S/C13H21NO3S/c1-10(2)14-12(13(15)16-3)6-8-18-9-11-5-4-7-17-11/h4-5,7,10,12,14H,6,8-9H2,1-3H3. The number of carbonyl (C=O) groups is 1. The van der Waals surface area contributed by atoms with Crippen LogP contribution in [-0.4, -0.2) is 30.9 Å². The summed E-state index contributed by atoms with van der Waals surface area (Å²) in [5.74, 6) is 2.50. The normalized spacial score (nSPS) is 12.7. The van der Waals surface area contributed by atoms with Crippen molar-refractivity contribution in [3.05, 3.63) is 24.2 Å². The Morgan fingerprint density at radius 1 is 1.56 bits per heavy atom. The van der Waals surface area contributed by atoms with Crippen molar-refractivity contribution in [2.45, 2.75) is 38.1 Å². The number of esters is 1. The maximum atomic E-state index is 11.6. The highest BCUT2D eigenvalue weighted by molar-refractivity contribution is 7.98. The molecule has 1 aromatic rings. The van der Waals surface area contributed by atoms with Gasteiger partial charge in [-0.1, -0.05) is 13.8 Å². The van der Waals surface area contributed by atoms with Crippen molar-refractivity contribution in [3.8, 4) is 0 Å². The molecule has 1 heterocycles. The number of carbonyl (C=O) groups excluding carboxylic acids is 1. The molecule has 0 aliphatic heterocycles. The third kappa shape index (κ3) is 5.60. The van der Waals surface area contributed by atoms with Crippen molar-refractivity contribution in [2.75, 3.05) is 12.9 Å². The first-order chi connectivity index (χ1) is 8.63. The van der Waals surface area contributed by atoms with E-state index in [4.69, 9.17) is 9.15 Å². The lowest BCUT2D eigenvalue weighted by molar-refractivity contribution is -0.143. The molecule has 1 N–H and O–H groups in total. The van der Waals surface area contributed by atoms with Crippen LogP contribution >= 0.6 is 11.8 Å². The SMILES string of the molecule is COC(=O)C(CCSCc1ccco1)NC(C)C. The molecule has 18 heavy (non-hydrogen) atoms. The quantitative estimate of drug-likeness (QED) is 0.581. The van der Waals surface area contributed by atoms with Crippen LogP contribution in [0.25, 0.3) is 0 Å². The number of methoxy groups -OCH3 is 1. The van der Waals surface area contributed by atoms with Gasteiger partial charge in [0.2, 0.25) is 0 Å². The number of nitrogens with one attached hydrogen (secondary N) is 1. The molecule has 0 saturated heterocycles. The van der Waals surface area contributed by atoms with Gasteiger partial charge < -0.3 is 14.5 Å². The van der Waals surface area contributed by atoms with Crippen LogP contribution in [-0.2, 0) is 15.3 Å². The fraction of sp³-hybridized carbons (Fsp3) is 0.615. The van der Waals surface area contributed by atoms with Gasteiger partial charge >= 0.3 is 5.97 Å². The van der Waals surface area contributed by atoms with Gasteiger partial charge in [0.05, 0.1) is 19.1 Å². The number of ether oxygens (including phenoxy) is 1. The lowest BCUT2D eigenvalue weighted by Gasteiger charge is -2.18. The number of hydrogen-bond acceptors (Lipinski definition) is 5. The molecule has 102 valence electrons. The van der Waals surface area contributed by atoms with Gasteiger partial charge in [-0.2, -0.15) is 11.8 Å². The average Bonchev–Trinajstić information content (AvgIpc) is 2.84. The van der Waals surface area contributed by atoms with Crippen molar-refractivity contribution in [2.24, 2.45) is 0 Å². The van der Waals surface area contributed by atoms with E-state index in [-0.39, 0.29) is 18.1 Å². The van der Waals surface area contributed by atoms with Crippen molar-refractivity contribution >= 4 is 17.7 Å². The summed E-state index contributed by atoms with van der Waals surface area (Å²) in [6, 6.07) is 3.88. The van der Waals surface area contributed by atoms with Gasteiger partial charge in [0.1, 0.15) is 11.8 Å². The van der Waals surface area contributed by atoms with Crippen LogP contribution in [0.2, 0.25) is 0 Å². The van der Waals surface area contributed by atoms with E-state index in [2.05, 4.69) is 5.32 Å². The fourth-order valence-corrected chi connectivity index (χ4v) is 2.49. The molecule has 0 spiro atoms. The van der Waals surface area contributed by atoms with Gasteiger partial charge in [0.15, 0.2) is 0 Å². The average molecular weight is 271 g/mol. The molecule has 1 aromatic heterocycles. The molecule has 0 aliphatic rings. The molecule has 1 rings (SSSR count). The molecule has 0 bridgehead atoms. The molecule has 0 aliphatic carbocycles. The summed E-state index contributed by atoms with van der Waals surface area (Å²) < 4.78 is 10.0. The molecule has 0 radical (unpaired) electrons. The number of rotatable bonds is 8. The first kappa shape index (κ1) is 15.1. The van der Waals surface area contributed by atoms with E-state index in [1.807, 2.05) is 26.0 Å². The minimum Gasteiger partial charge on any atom is -0.468 e. The second-order valence-corrected chi connectivity index (χ2v) is 5.42. The highest BCUT2D eigenvalue weighted by Gasteiger charge is 2.19. The van der Waals surface area contributed by atoms with Crippen LogP contribution in [0, 0.1) is 0 Å². The fourth-order valence-electron chi connectivity index (χ4n) is 1.58. The Kier molecular flexibility index (Phi) is 6.90. The summed E-state index contributed by atoms with van der Waals surface area (Å²) in [6.07, 6.45) is 2.43. The summed E-state index contributed by atoms with van der Waals surface area (Å²) in [6.45, 7) is 4.04. The van der Waals surface area contributed by atoms with Crippen LogP contribution in [0.1, 0.15) is 26.0 Å². The zero-order valence-corrected chi connectivity index (χ0v) is 12.0. The molecule has 5 heteroatoms. The molecule has 4 nitrogen and oxygen atoms in total. The summed E-state index contributed by atoms with van der Waals surface area (Å²) in [4.78, 5) is 11.6. The Bertz CT molecular complexity index is 338. The van der Waals surface area contributed by atoms with E-state index in [1.165, 1.54) is 7.11 Å². The minimum atomic E-state index is -0.223. The van der Waals surface area contributed by atoms with Crippen molar-refractivity contribution in [1.29, 1.82) is 0 Å². The van der Waals surface area contributed by atoms with Crippen LogP contribution in [0.3, 0.4) is 0 Å². The van der Waals surface area contributed by atoms with E-state index in [0.29, 0.717) is 0 Å². The molecule has 0 saturated carbocycles. The Balaban J connectivity index is 2.26. The first-order valence-electron chi connectivity index (χ1n) is 6.07. The first-order valence-corrected chi connectivity index (χ1v) is 7.23. The molecule has 0 fully saturated rings. The van der Waals surface area contributed by atoms with Crippen molar-refractivity contribution < 1.29 is 13.9 Å². The van der Waals surface area contributed by atoms with Gasteiger partial charge in [-0.25, -0.2) is 0 Å². The van der Waals surface area contributed by atoms with E-state index in [0.717, 1.165) is 23.7 Å². The second-order valence-electron chi connectivity index (χ2n) is 4.32. The zero-order chi connectivity index (χ0) is 13.4. The van der Waals surface area contributed by atoms with E-state index >= 15 is 0 Å².